The fourth-order valence-electron chi connectivity index (χ4n) is 1.77. The molecule has 0 saturated carbocycles. The van der Waals surface area contributed by atoms with Gasteiger partial charge in [0, 0.05) is 12.5 Å². The molecule has 0 radical (unpaired) electrons. The Balaban J connectivity index is 2.89. The van der Waals surface area contributed by atoms with Gasteiger partial charge in [0.25, 0.3) is 0 Å². The van der Waals surface area contributed by atoms with E-state index in [4.69, 9.17) is 14.2 Å². The van der Waals surface area contributed by atoms with Gasteiger partial charge in [0.05, 0.1) is 20.8 Å². The van der Waals surface area contributed by atoms with Crippen molar-refractivity contribution in [2.24, 2.45) is 0 Å². The summed E-state index contributed by atoms with van der Waals surface area (Å²) in [5, 5.41) is 0. The largest absolute Gasteiger partial charge is 0.496 e. The summed E-state index contributed by atoms with van der Waals surface area (Å²) in [6.07, 6.45) is -0.836. The number of hydrogen-bond donors (Lipinski definition) is 0. The van der Waals surface area contributed by atoms with Crippen molar-refractivity contribution in [3.63, 3.8) is 0 Å². The Morgan fingerprint density at radius 1 is 1.05 bits per heavy atom. The van der Waals surface area contributed by atoms with Crippen molar-refractivity contribution in [2.75, 3.05) is 20.8 Å². The van der Waals surface area contributed by atoms with E-state index in [1.54, 1.807) is 13.2 Å². The molecule has 0 aliphatic heterocycles. The molecule has 1 aromatic carbocycles. The van der Waals surface area contributed by atoms with Gasteiger partial charge in [0.15, 0.2) is 11.5 Å². The van der Waals surface area contributed by atoms with Crippen LogP contribution in [-0.2, 0) is 6.42 Å². The van der Waals surface area contributed by atoms with E-state index >= 15 is 0 Å². The Morgan fingerprint density at radius 3 is 2.26 bits per heavy atom. The third kappa shape index (κ3) is 4.58. The van der Waals surface area contributed by atoms with Crippen LogP contribution in [0.1, 0.15) is 25.3 Å². The van der Waals surface area contributed by atoms with Gasteiger partial charge in [-0.1, -0.05) is 13.3 Å². The molecule has 0 aromatic heterocycles. The van der Waals surface area contributed by atoms with Gasteiger partial charge in [-0.3, -0.25) is 0 Å². The number of benzene rings is 1. The van der Waals surface area contributed by atoms with Crippen LogP contribution in [0, 0.1) is 0 Å². The first-order valence-electron chi connectivity index (χ1n) is 6.28. The second kappa shape index (κ2) is 7.81. The van der Waals surface area contributed by atoms with Crippen molar-refractivity contribution in [3.8, 4) is 17.2 Å². The standard InChI is InChI=1S/C14H20F2O3/c1-4-5-10-8-12(18-3)13(9-11(10)17-2)19-7-6-14(15)16/h8-9,14H,4-7H2,1-3H3. The molecule has 0 aliphatic carbocycles. The molecule has 1 aromatic rings. The van der Waals surface area contributed by atoms with Crippen LogP contribution in [0.4, 0.5) is 8.78 Å². The molecule has 0 N–H and O–H groups in total. The van der Waals surface area contributed by atoms with Crippen molar-refractivity contribution < 1.29 is 23.0 Å². The third-order valence-electron chi connectivity index (χ3n) is 2.68. The maximum Gasteiger partial charge on any atom is 0.241 e. The SMILES string of the molecule is CCCc1cc(OC)c(OCCC(F)F)cc1OC. The molecule has 0 amide bonds. The molecular weight excluding hydrogens is 254 g/mol. The van der Waals surface area contributed by atoms with Gasteiger partial charge in [0.2, 0.25) is 6.43 Å². The molecule has 0 fully saturated rings. The Kier molecular flexibility index (Phi) is 6.39. The van der Waals surface area contributed by atoms with Crippen LogP contribution >= 0.6 is 0 Å². The topological polar surface area (TPSA) is 27.7 Å². The zero-order chi connectivity index (χ0) is 14.3. The van der Waals surface area contributed by atoms with E-state index < -0.39 is 6.43 Å². The Hall–Kier alpha value is -1.52. The molecule has 0 saturated heterocycles. The Morgan fingerprint density at radius 2 is 1.74 bits per heavy atom. The lowest BCUT2D eigenvalue weighted by atomic mass is 10.1. The monoisotopic (exact) mass is 274 g/mol. The van der Waals surface area contributed by atoms with Gasteiger partial charge in [-0.2, -0.15) is 0 Å². The summed E-state index contributed by atoms with van der Waals surface area (Å²) in [5.74, 6) is 1.66. The van der Waals surface area contributed by atoms with Gasteiger partial charge in [-0.15, -0.1) is 0 Å². The number of methoxy groups -OCH3 is 2. The number of hydrogen-bond acceptors (Lipinski definition) is 3. The fraction of sp³-hybridized carbons (Fsp3) is 0.571. The average molecular weight is 274 g/mol. The lowest BCUT2D eigenvalue weighted by Gasteiger charge is -2.15. The molecule has 19 heavy (non-hydrogen) atoms. The van der Waals surface area contributed by atoms with Crippen LogP contribution in [0.2, 0.25) is 0 Å². The van der Waals surface area contributed by atoms with Crippen LogP contribution in [-0.4, -0.2) is 27.3 Å². The first-order valence-corrected chi connectivity index (χ1v) is 6.28. The molecule has 0 aliphatic rings. The lowest BCUT2D eigenvalue weighted by molar-refractivity contribution is 0.113. The van der Waals surface area contributed by atoms with Gasteiger partial charge < -0.3 is 14.2 Å². The van der Waals surface area contributed by atoms with Crippen molar-refractivity contribution in [1.29, 1.82) is 0 Å². The minimum Gasteiger partial charge on any atom is -0.496 e. The summed E-state index contributed by atoms with van der Waals surface area (Å²) in [5.41, 5.74) is 1.02. The highest BCUT2D eigenvalue weighted by Gasteiger charge is 2.12. The van der Waals surface area contributed by atoms with Gasteiger partial charge >= 0.3 is 0 Å². The van der Waals surface area contributed by atoms with Crippen molar-refractivity contribution >= 4 is 0 Å². The predicted octanol–water partition coefficient (Wildman–Crippen LogP) is 3.69. The van der Waals surface area contributed by atoms with Gasteiger partial charge in [-0.25, -0.2) is 8.78 Å². The Bertz CT molecular complexity index is 395. The summed E-state index contributed by atoms with van der Waals surface area (Å²) in [6, 6.07) is 3.52. The maximum atomic E-state index is 12.1. The molecule has 0 unspecified atom stereocenters. The molecule has 3 nitrogen and oxygen atoms in total. The van der Waals surface area contributed by atoms with Crippen LogP contribution < -0.4 is 14.2 Å². The van der Waals surface area contributed by atoms with Crippen LogP contribution in [0.3, 0.4) is 0 Å². The van der Waals surface area contributed by atoms with Crippen LogP contribution in [0.25, 0.3) is 0 Å². The van der Waals surface area contributed by atoms with E-state index in [0.29, 0.717) is 17.2 Å². The number of halogens is 2. The predicted molar refractivity (Wildman–Crippen MR) is 69.7 cm³/mol. The zero-order valence-electron chi connectivity index (χ0n) is 11.5. The van der Waals surface area contributed by atoms with E-state index in [1.165, 1.54) is 7.11 Å². The normalized spacial score (nSPS) is 10.6. The van der Waals surface area contributed by atoms with E-state index in [2.05, 4.69) is 6.92 Å². The molecule has 108 valence electrons. The maximum absolute atomic E-state index is 12.1. The number of ether oxygens (including phenoxy) is 3. The Labute approximate surface area is 112 Å². The number of alkyl halides is 2. The molecule has 5 heteroatoms. The fourth-order valence-corrected chi connectivity index (χ4v) is 1.77. The van der Waals surface area contributed by atoms with Crippen molar-refractivity contribution in [3.05, 3.63) is 17.7 Å². The second-order valence-corrected chi connectivity index (χ2v) is 4.09. The summed E-state index contributed by atoms with van der Waals surface area (Å²) < 4.78 is 40.0. The summed E-state index contributed by atoms with van der Waals surface area (Å²) in [7, 11) is 3.10. The summed E-state index contributed by atoms with van der Waals surface area (Å²) in [4.78, 5) is 0. The molecule has 0 bridgehead atoms. The minimum absolute atomic E-state index is 0.0513. The zero-order valence-corrected chi connectivity index (χ0v) is 11.5. The highest BCUT2D eigenvalue weighted by atomic mass is 19.3. The second-order valence-electron chi connectivity index (χ2n) is 4.09. The lowest BCUT2D eigenvalue weighted by Crippen LogP contribution is -2.05. The highest BCUT2D eigenvalue weighted by Crippen LogP contribution is 2.35. The molecular formula is C14H20F2O3. The van der Waals surface area contributed by atoms with Crippen LogP contribution in [0.15, 0.2) is 12.1 Å². The van der Waals surface area contributed by atoms with Gasteiger partial charge in [0.1, 0.15) is 5.75 Å². The van der Waals surface area contributed by atoms with Crippen LogP contribution in [0.5, 0.6) is 17.2 Å². The number of aryl methyl sites for hydroxylation is 1. The minimum atomic E-state index is -2.37. The third-order valence-corrected chi connectivity index (χ3v) is 2.68. The molecule has 0 atom stereocenters. The summed E-state index contributed by atoms with van der Waals surface area (Å²) >= 11 is 0. The van der Waals surface area contributed by atoms with Crippen molar-refractivity contribution in [2.45, 2.75) is 32.6 Å². The summed E-state index contributed by atoms with van der Waals surface area (Å²) in [6.45, 7) is 2.02. The average Bonchev–Trinajstić information content (AvgIpc) is 2.39. The van der Waals surface area contributed by atoms with Gasteiger partial charge in [-0.05, 0) is 18.1 Å². The first-order chi connectivity index (χ1) is 9.12. The quantitative estimate of drug-likeness (QED) is 0.723. The first kappa shape index (κ1) is 15.5. The highest BCUT2D eigenvalue weighted by molar-refractivity contribution is 5.50. The number of rotatable bonds is 8. The van der Waals surface area contributed by atoms with E-state index in [9.17, 15) is 8.78 Å². The molecule has 0 heterocycles. The van der Waals surface area contributed by atoms with E-state index in [1.807, 2.05) is 6.07 Å². The molecule has 1 rings (SSSR count). The van der Waals surface area contributed by atoms with E-state index in [0.717, 1.165) is 18.4 Å². The van der Waals surface area contributed by atoms with Crippen molar-refractivity contribution in [1.82, 2.24) is 0 Å². The van der Waals surface area contributed by atoms with E-state index in [-0.39, 0.29) is 13.0 Å². The smallest absolute Gasteiger partial charge is 0.241 e. The molecule has 0 spiro atoms.